The van der Waals surface area contributed by atoms with Crippen molar-refractivity contribution in [2.24, 2.45) is 0 Å². The van der Waals surface area contributed by atoms with Crippen LogP contribution in [0.1, 0.15) is 54.7 Å². The molecule has 3 aromatic heterocycles. The van der Waals surface area contributed by atoms with Crippen molar-refractivity contribution in [2.75, 3.05) is 21.3 Å². The number of methoxy groups -OCH3 is 3. The SMILES string of the molecule is C#CC#CC#CC#CC#C.C#CC#CC#CC#CC#CC#CC#CC#CC#CC#CC#CC#CC#CC.CC#CC#CC#CC#CC#CC#CC#CC#CC#CC#CC#CC#CC#CC.COc1ccc(COc2cn(OCc3ccc(OC)cc3)c(CO)cc2=O)cc1.COc1ccc(COc2coc(CO)cc2=O)cc1.O=c1cc(CO)occ1O. The van der Waals surface area contributed by atoms with Crippen LogP contribution >= 0.6 is 0 Å². The smallest absolute Gasteiger partial charge is 0.227 e. The minimum absolute atomic E-state index is 0.119. The zero-order chi connectivity index (χ0) is 89.6. The van der Waals surface area contributed by atoms with Crippen molar-refractivity contribution in [1.82, 2.24) is 4.73 Å². The molecule has 0 aliphatic heterocycles. The van der Waals surface area contributed by atoms with Gasteiger partial charge >= 0.3 is 0 Å². The number of rotatable bonds is 15. The average Bonchev–Trinajstić information content (AvgIpc) is 0.837. The first-order chi connectivity index (χ1) is 60.3. The standard InChI is InChI=1S/C28H6.C27H4.C22H23NO6.C14H14O5.C10H2.C6H6O4/c1-3-5-7-9-11-13-15-17-19-21-23-25-27-28-26-24-22-20-18-16-14-12-10-8-6-4-2;1-3-5-7-9-11-13-15-17-19-21-23-25-27-26-24-22-20-18-16-14-12-10-8-6-4-2;1-26-19-7-3-16(4-8-19)14-28-22-12-23(18(13-24)11-21(22)25)29-15-17-5-9-20(27-2)10-6-17;1-17-11-4-2-10(3-5-11)8-19-14-9-18-12(7-15)6-13(14)16;1-3-5-7-9-10-8-6-4-2;7-2-4-1-5(8)6(9)3-10-4/h1-2H3;1H,2H3;3-12,24H,13-15H2,1-2H3;2-6,9,15H,7-8H2,1H3;1-2H;1,3,7,9H,2H2. The molecular formula is C107H55NO15. The van der Waals surface area contributed by atoms with Crippen molar-refractivity contribution in [2.45, 2.75) is 60.4 Å². The number of benzene rings is 3. The van der Waals surface area contributed by atoms with Crippen LogP contribution in [0.3, 0.4) is 0 Å². The summed E-state index contributed by atoms with van der Waals surface area (Å²) < 4.78 is 37.3. The zero-order valence-electron chi connectivity index (χ0n) is 66.1. The minimum Gasteiger partial charge on any atom is -0.502 e. The highest BCUT2D eigenvalue weighted by atomic mass is 16.7. The molecule has 3 aromatic carbocycles. The summed E-state index contributed by atoms with van der Waals surface area (Å²) in [5.74, 6) is 148. The fraction of sp³-hybridized carbons (Fsp3) is 0.112. The maximum absolute atomic E-state index is 12.3. The van der Waals surface area contributed by atoms with Crippen LogP contribution in [0.15, 0.2) is 133 Å². The predicted octanol–water partition coefficient (Wildman–Crippen LogP) is 6.14. The molecule has 3 heterocycles. The number of terminal acetylenes is 3. The molecule has 0 radical (unpaired) electrons. The van der Waals surface area contributed by atoms with E-state index in [1.807, 2.05) is 72.8 Å². The van der Waals surface area contributed by atoms with Gasteiger partial charge in [0.2, 0.25) is 22.0 Å². The third-order valence-electron chi connectivity index (χ3n) is 11.6. The lowest BCUT2D eigenvalue weighted by Gasteiger charge is -2.15. The number of ether oxygens (including phenoxy) is 5. The summed E-state index contributed by atoms with van der Waals surface area (Å²) in [4.78, 5) is 40.2. The molecule has 0 amide bonds. The Labute approximate surface area is 717 Å². The van der Waals surface area contributed by atoms with Gasteiger partial charge in [-0.3, -0.25) is 14.4 Å². The lowest BCUT2D eigenvalue weighted by molar-refractivity contribution is 0.0768. The Bertz CT molecular complexity index is 6970. The van der Waals surface area contributed by atoms with Gasteiger partial charge in [-0.1, -0.05) is 54.2 Å². The first-order valence-corrected chi connectivity index (χ1v) is 33.7. The molecule has 123 heavy (non-hydrogen) atoms. The summed E-state index contributed by atoms with van der Waals surface area (Å²) in [7, 11) is 4.80. The van der Waals surface area contributed by atoms with Gasteiger partial charge in [0.15, 0.2) is 11.5 Å². The average molecular weight is 1590 g/mol. The lowest BCUT2D eigenvalue weighted by atomic mass is 10.2. The fourth-order valence-corrected chi connectivity index (χ4v) is 6.43. The van der Waals surface area contributed by atoms with E-state index in [4.69, 9.17) is 67.5 Å². The Morgan fingerprint density at radius 2 is 0.553 bits per heavy atom. The molecule has 0 atom stereocenters. The normalized spacial score (nSPS) is 6.85. The molecule has 578 valence electrons. The van der Waals surface area contributed by atoms with Gasteiger partial charge in [-0.2, -0.15) is 4.73 Å². The molecule has 0 aliphatic carbocycles. The lowest BCUT2D eigenvalue weighted by Crippen LogP contribution is -2.21. The van der Waals surface area contributed by atoms with E-state index in [1.165, 1.54) is 29.3 Å². The molecular weight excluding hydrogens is 1540 g/mol. The molecule has 0 bridgehead atoms. The maximum atomic E-state index is 12.3. The topological polar surface area (TPSA) is 219 Å². The number of hydrogen-bond acceptors (Lipinski definition) is 15. The monoisotopic (exact) mass is 1590 g/mol. The number of aromatic nitrogens is 1. The Hall–Kier alpha value is -20.6. The molecule has 16 heteroatoms. The molecule has 0 spiro atoms. The van der Waals surface area contributed by atoms with Crippen LogP contribution in [0, 0.1) is 369 Å². The van der Waals surface area contributed by atoms with Gasteiger partial charge in [0.25, 0.3) is 0 Å². The molecule has 0 unspecified atom stereocenters. The van der Waals surface area contributed by atoms with Crippen LogP contribution < -0.4 is 44.8 Å². The van der Waals surface area contributed by atoms with Crippen LogP contribution in [-0.4, -0.2) is 46.5 Å². The van der Waals surface area contributed by atoms with Crippen LogP contribution in [0.2, 0.25) is 0 Å². The predicted molar refractivity (Wildman–Crippen MR) is 469 cm³/mol. The van der Waals surface area contributed by atoms with Crippen molar-refractivity contribution < 1.29 is 57.8 Å². The second-order valence-corrected chi connectivity index (χ2v) is 19.7. The minimum atomic E-state index is -0.546. The van der Waals surface area contributed by atoms with E-state index in [1.54, 1.807) is 42.1 Å². The number of aliphatic hydroxyl groups is 3. The summed E-state index contributed by atoms with van der Waals surface area (Å²) in [6.07, 6.45) is 18.1. The summed E-state index contributed by atoms with van der Waals surface area (Å²) in [6, 6.07) is 25.7. The van der Waals surface area contributed by atoms with Gasteiger partial charge in [0.1, 0.15) is 74.3 Å². The summed E-state index contributed by atoms with van der Waals surface area (Å²) in [6.45, 7) is 4.82. The van der Waals surface area contributed by atoms with Crippen LogP contribution in [-0.2, 0) is 39.6 Å². The van der Waals surface area contributed by atoms with Gasteiger partial charge in [0.05, 0.1) is 39.8 Å². The maximum Gasteiger partial charge on any atom is 0.227 e. The number of aliphatic hydroxyl groups excluding tert-OH is 3. The van der Waals surface area contributed by atoms with E-state index in [-0.39, 0.29) is 73.5 Å². The molecule has 0 saturated heterocycles. The van der Waals surface area contributed by atoms with Gasteiger partial charge < -0.3 is 57.8 Å². The van der Waals surface area contributed by atoms with E-state index in [9.17, 15) is 19.5 Å². The van der Waals surface area contributed by atoms with Crippen LogP contribution in [0.25, 0.3) is 0 Å². The second-order valence-electron chi connectivity index (χ2n) is 19.7. The molecule has 16 nitrogen and oxygen atoms in total. The number of nitrogens with zero attached hydrogens (tertiary/aromatic N) is 1. The van der Waals surface area contributed by atoms with E-state index in [0.717, 1.165) is 46.3 Å². The Morgan fingerprint density at radius 3 is 0.797 bits per heavy atom. The Morgan fingerprint density at radius 1 is 0.309 bits per heavy atom. The third-order valence-corrected chi connectivity index (χ3v) is 11.6. The van der Waals surface area contributed by atoms with Crippen LogP contribution in [0.5, 0.6) is 34.5 Å². The van der Waals surface area contributed by atoms with Gasteiger partial charge in [-0.05, 0) is 311 Å². The van der Waals surface area contributed by atoms with E-state index >= 15 is 0 Å². The molecule has 0 fully saturated rings. The summed E-state index contributed by atoms with van der Waals surface area (Å²) in [5, 5.41) is 35.5. The second kappa shape index (κ2) is 72.9. The highest BCUT2D eigenvalue weighted by Crippen LogP contribution is 2.17. The van der Waals surface area contributed by atoms with Crippen molar-refractivity contribution in [1.29, 1.82) is 0 Å². The van der Waals surface area contributed by atoms with E-state index in [0.29, 0.717) is 5.69 Å². The first-order valence-electron chi connectivity index (χ1n) is 33.7. The van der Waals surface area contributed by atoms with Crippen molar-refractivity contribution >= 4 is 0 Å². The molecule has 6 rings (SSSR count). The Balaban J connectivity index is 0.000000766. The highest BCUT2D eigenvalue weighted by molar-refractivity contribution is 5.51. The third kappa shape index (κ3) is 55.4. The molecule has 0 aliphatic rings. The quantitative estimate of drug-likeness (QED) is 0.0850. The number of pyridine rings is 1. The van der Waals surface area contributed by atoms with E-state index < -0.39 is 11.2 Å². The van der Waals surface area contributed by atoms with Gasteiger partial charge in [0, 0.05) is 113 Å². The molecule has 4 N–H and O–H groups in total. The molecule has 6 aromatic rings. The highest BCUT2D eigenvalue weighted by Gasteiger charge is 2.11. The summed E-state index contributed by atoms with van der Waals surface area (Å²) in [5.41, 5.74) is 1.86. The molecule has 0 saturated carbocycles. The van der Waals surface area contributed by atoms with Gasteiger partial charge in [-0.25, -0.2) is 0 Å². The zero-order valence-corrected chi connectivity index (χ0v) is 66.1. The Kier molecular flexibility index (Phi) is 59.5. The largest absolute Gasteiger partial charge is 0.502 e. The summed E-state index contributed by atoms with van der Waals surface area (Å²) >= 11 is 0. The number of hydrogen-bond donors (Lipinski definition) is 4. The van der Waals surface area contributed by atoms with Crippen molar-refractivity contribution in [3.05, 3.63) is 174 Å². The first kappa shape index (κ1) is 100. The number of aromatic hydroxyl groups is 1. The van der Waals surface area contributed by atoms with Crippen molar-refractivity contribution in [3.63, 3.8) is 0 Å². The van der Waals surface area contributed by atoms with E-state index in [2.05, 4.69) is 354 Å². The fourth-order valence-electron chi connectivity index (χ4n) is 6.43. The van der Waals surface area contributed by atoms with Gasteiger partial charge in [-0.15, -0.1) is 19.3 Å². The van der Waals surface area contributed by atoms with Crippen LogP contribution in [0.4, 0.5) is 0 Å². The van der Waals surface area contributed by atoms with Crippen molar-refractivity contribution in [3.8, 4) is 403 Å².